The lowest BCUT2D eigenvalue weighted by atomic mass is 10.1. The van der Waals surface area contributed by atoms with Crippen LogP contribution in [-0.2, 0) is 0 Å². The molecular weight excluding hydrogens is 490 g/mol. The maximum absolute atomic E-state index is 13.0. The Balaban J connectivity index is 1.30. The number of hydrogen-bond donors (Lipinski definition) is 1. The molecular formula is C29H32ClN3O4. The van der Waals surface area contributed by atoms with E-state index in [0.717, 1.165) is 30.0 Å². The van der Waals surface area contributed by atoms with Gasteiger partial charge < -0.3 is 24.6 Å². The lowest BCUT2D eigenvalue weighted by Crippen LogP contribution is -2.48. The zero-order valence-corrected chi connectivity index (χ0v) is 22.0. The number of ether oxygens (including phenoxy) is 2. The van der Waals surface area contributed by atoms with Crippen molar-refractivity contribution in [2.45, 2.75) is 19.8 Å². The fourth-order valence-corrected chi connectivity index (χ4v) is 4.35. The summed E-state index contributed by atoms with van der Waals surface area (Å²) in [5.41, 5.74) is 2.81. The van der Waals surface area contributed by atoms with E-state index in [1.54, 1.807) is 37.4 Å². The third kappa shape index (κ3) is 6.74. The molecule has 1 aliphatic heterocycles. The molecule has 1 N–H and O–H groups in total. The summed E-state index contributed by atoms with van der Waals surface area (Å²) in [6.45, 7) is 5.38. The molecule has 0 unspecified atom stereocenters. The molecule has 4 rings (SSSR count). The van der Waals surface area contributed by atoms with Crippen LogP contribution in [0.1, 0.15) is 40.5 Å². The molecule has 0 radical (unpaired) electrons. The molecule has 0 aromatic heterocycles. The second-order valence-electron chi connectivity index (χ2n) is 8.85. The normalized spacial score (nSPS) is 13.3. The van der Waals surface area contributed by atoms with E-state index in [2.05, 4.69) is 17.1 Å². The highest BCUT2D eigenvalue weighted by Gasteiger charge is 2.24. The van der Waals surface area contributed by atoms with Gasteiger partial charge in [-0.25, -0.2) is 0 Å². The third-order valence-corrected chi connectivity index (χ3v) is 6.57. The number of unbranched alkanes of at least 4 members (excludes halogenated alkanes) is 1. The fraction of sp³-hybridized carbons (Fsp3) is 0.310. The Morgan fingerprint density at radius 2 is 1.65 bits per heavy atom. The van der Waals surface area contributed by atoms with Gasteiger partial charge in [-0.2, -0.15) is 0 Å². The molecule has 37 heavy (non-hydrogen) atoms. The Morgan fingerprint density at radius 3 is 2.30 bits per heavy atom. The van der Waals surface area contributed by atoms with Gasteiger partial charge in [-0.1, -0.05) is 24.9 Å². The average molecular weight is 522 g/mol. The van der Waals surface area contributed by atoms with Crippen LogP contribution in [0.2, 0.25) is 5.02 Å². The van der Waals surface area contributed by atoms with Gasteiger partial charge in [-0.15, -0.1) is 0 Å². The molecule has 3 aromatic carbocycles. The van der Waals surface area contributed by atoms with E-state index >= 15 is 0 Å². The first-order valence-corrected chi connectivity index (χ1v) is 12.9. The number of amides is 2. The van der Waals surface area contributed by atoms with Gasteiger partial charge >= 0.3 is 0 Å². The number of benzene rings is 3. The summed E-state index contributed by atoms with van der Waals surface area (Å²) < 4.78 is 11.0. The quantitative estimate of drug-likeness (QED) is 0.363. The first kappa shape index (κ1) is 26.4. The molecule has 1 aliphatic rings. The number of hydrogen-bond acceptors (Lipinski definition) is 5. The lowest BCUT2D eigenvalue weighted by molar-refractivity contribution is 0.0743. The van der Waals surface area contributed by atoms with Crippen molar-refractivity contribution in [2.75, 3.05) is 50.1 Å². The second kappa shape index (κ2) is 12.5. The second-order valence-corrected chi connectivity index (χ2v) is 9.29. The molecule has 0 aliphatic carbocycles. The number of nitrogens with zero attached hydrogens (tertiary/aromatic N) is 2. The number of carbonyl (C=O) groups is 2. The molecule has 8 heteroatoms. The summed E-state index contributed by atoms with van der Waals surface area (Å²) >= 11 is 6.10. The fourth-order valence-electron chi connectivity index (χ4n) is 4.18. The monoisotopic (exact) mass is 521 g/mol. The van der Waals surface area contributed by atoms with Crippen molar-refractivity contribution in [1.29, 1.82) is 0 Å². The van der Waals surface area contributed by atoms with Crippen molar-refractivity contribution < 1.29 is 19.1 Å². The lowest BCUT2D eigenvalue weighted by Gasteiger charge is -2.36. The maximum Gasteiger partial charge on any atom is 0.257 e. The van der Waals surface area contributed by atoms with Crippen LogP contribution >= 0.6 is 11.6 Å². The highest BCUT2D eigenvalue weighted by molar-refractivity contribution is 6.31. The highest BCUT2D eigenvalue weighted by atomic mass is 35.5. The molecule has 3 aromatic rings. The van der Waals surface area contributed by atoms with Crippen LogP contribution in [0, 0.1) is 0 Å². The highest BCUT2D eigenvalue weighted by Crippen LogP contribution is 2.26. The number of carbonyl (C=O) groups excluding carboxylic acids is 2. The molecule has 0 spiro atoms. The number of methoxy groups -OCH3 is 1. The smallest absolute Gasteiger partial charge is 0.257 e. The van der Waals surface area contributed by atoms with Crippen molar-refractivity contribution in [3.63, 3.8) is 0 Å². The Hall–Kier alpha value is -3.71. The molecule has 1 heterocycles. The molecule has 194 valence electrons. The van der Waals surface area contributed by atoms with Crippen LogP contribution in [0.3, 0.4) is 0 Å². The van der Waals surface area contributed by atoms with E-state index in [1.807, 2.05) is 41.3 Å². The van der Waals surface area contributed by atoms with Crippen molar-refractivity contribution in [1.82, 2.24) is 4.90 Å². The van der Waals surface area contributed by atoms with E-state index < -0.39 is 0 Å². The van der Waals surface area contributed by atoms with Crippen LogP contribution < -0.4 is 19.7 Å². The molecule has 0 atom stereocenters. The Bertz CT molecular complexity index is 1210. The van der Waals surface area contributed by atoms with Crippen LogP contribution in [0.4, 0.5) is 11.4 Å². The van der Waals surface area contributed by atoms with E-state index in [0.29, 0.717) is 54.7 Å². The van der Waals surface area contributed by atoms with Gasteiger partial charge in [0.05, 0.1) is 19.3 Å². The Kier molecular flexibility index (Phi) is 8.90. The minimum absolute atomic E-state index is 0.0855. The molecule has 0 saturated carbocycles. The van der Waals surface area contributed by atoms with E-state index in [9.17, 15) is 9.59 Å². The van der Waals surface area contributed by atoms with Crippen molar-refractivity contribution in [3.05, 3.63) is 82.9 Å². The zero-order chi connectivity index (χ0) is 26.2. The summed E-state index contributed by atoms with van der Waals surface area (Å²) in [6.07, 6.45) is 2.08. The summed E-state index contributed by atoms with van der Waals surface area (Å²) in [6, 6.07) is 20.0. The number of piperazine rings is 1. The summed E-state index contributed by atoms with van der Waals surface area (Å²) in [5.74, 6) is 1.03. The van der Waals surface area contributed by atoms with Gasteiger partial charge in [0.15, 0.2) is 0 Å². The van der Waals surface area contributed by atoms with Gasteiger partial charge in [-0.3, -0.25) is 9.59 Å². The summed E-state index contributed by atoms with van der Waals surface area (Å²) in [5, 5.41) is 3.44. The minimum atomic E-state index is -0.170. The molecule has 2 amide bonds. The van der Waals surface area contributed by atoms with Gasteiger partial charge in [0.2, 0.25) is 0 Å². The van der Waals surface area contributed by atoms with Crippen molar-refractivity contribution in [2.24, 2.45) is 0 Å². The number of anilines is 2. The van der Waals surface area contributed by atoms with Crippen LogP contribution in [0.5, 0.6) is 11.5 Å². The molecule has 1 saturated heterocycles. The Labute approximate surface area is 222 Å². The van der Waals surface area contributed by atoms with E-state index in [-0.39, 0.29) is 11.8 Å². The van der Waals surface area contributed by atoms with Gasteiger partial charge in [0.25, 0.3) is 11.8 Å². The van der Waals surface area contributed by atoms with E-state index in [1.165, 1.54) is 0 Å². The first-order chi connectivity index (χ1) is 18.0. The van der Waals surface area contributed by atoms with Gasteiger partial charge in [0.1, 0.15) is 11.5 Å². The van der Waals surface area contributed by atoms with Gasteiger partial charge in [0, 0.05) is 48.1 Å². The van der Waals surface area contributed by atoms with Crippen LogP contribution in [0.15, 0.2) is 66.7 Å². The predicted octanol–water partition coefficient (Wildman–Crippen LogP) is 5.74. The SMILES string of the molecule is CCCCOc1ccc(C(=O)Nc2ccc(N3CCN(C(=O)c4cc(Cl)ccc4OC)CC3)cc2)cc1. The zero-order valence-electron chi connectivity index (χ0n) is 21.2. The number of halogens is 1. The van der Waals surface area contributed by atoms with E-state index in [4.69, 9.17) is 21.1 Å². The van der Waals surface area contributed by atoms with Crippen LogP contribution in [0.25, 0.3) is 0 Å². The maximum atomic E-state index is 13.0. The largest absolute Gasteiger partial charge is 0.496 e. The topological polar surface area (TPSA) is 71.1 Å². The molecule has 0 bridgehead atoms. The third-order valence-electron chi connectivity index (χ3n) is 6.33. The first-order valence-electron chi connectivity index (χ1n) is 12.5. The summed E-state index contributed by atoms with van der Waals surface area (Å²) in [4.78, 5) is 29.7. The van der Waals surface area contributed by atoms with Crippen LogP contribution in [-0.4, -0.2) is 56.6 Å². The minimum Gasteiger partial charge on any atom is -0.496 e. The number of rotatable bonds is 9. The molecule has 7 nitrogen and oxygen atoms in total. The van der Waals surface area contributed by atoms with Gasteiger partial charge in [-0.05, 0) is 73.2 Å². The number of nitrogens with one attached hydrogen (secondary N) is 1. The summed E-state index contributed by atoms with van der Waals surface area (Å²) in [7, 11) is 1.55. The van der Waals surface area contributed by atoms with Crippen molar-refractivity contribution in [3.8, 4) is 11.5 Å². The predicted molar refractivity (Wildman–Crippen MR) is 147 cm³/mol. The molecule has 1 fully saturated rings. The standard InChI is InChI=1S/C29H32ClN3O4/c1-3-4-19-37-25-12-5-21(6-13-25)28(34)31-23-8-10-24(11-9-23)32-15-17-33(18-16-32)29(35)26-20-22(30)7-14-27(26)36-2/h5-14,20H,3-4,15-19H2,1-2H3,(H,31,34). The Morgan fingerprint density at radius 1 is 0.946 bits per heavy atom. The average Bonchev–Trinajstić information content (AvgIpc) is 2.93. The van der Waals surface area contributed by atoms with Crippen molar-refractivity contribution >= 4 is 34.8 Å².